The molecule has 0 heterocycles. The Balaban J connectivity index is 1.73. The molecule has 2 aromatic carbocycles. The van der Waals surface area contributed by atoms with Crippen LogP contribution >= 0.6 is 0 Å². The summed E-state index contributed by atoms with van der Waals surface area (Å²) >= 11 is 0. The molecule has 1 saturated carbocycles. The van der Waals surface area contributed by atoms with Crippen LogP contribution in [0.25, 0.3) is 11.1 Å². The van der Waals surface area contributed by atoms with Crippen molar-refractivity contribution < 1.29 is 4.79 Å². The van der Waals surface area contributed by atoms with E-state index in [9.17, 15) is 4.79 Å². The molecule has 1 fully saturated rings. The summed E-state index contributed by atoms with van der Waals surface area (Å²) in [5.74, 6) is 1.51. The van der Waals surface area contributed by atoms with Gasteiger partial charge in [-0.2, -0.15) is 0 Å². The van der Waals surface area contributed by atoms with E-state index in [1.807, 2.05) is 0 Å². The first-order chi connectivity index (χ1) is 11.3. The molecule has 3 aliphatic carbocycles. The van der Waals surface area contributed by atoms with Crippen LogP contribution in [0.3, 0.4) is 0 Å². The van der Waals surface area contributed by atoms with Crippen LogP contribution in [0.15, 0.2) is 60.7 Å². The molecule has 3 atom stereocenters. The molecule has 1 heteroatoms. The van der Waals surface area contributed by atoms with Gasteiger partial charge in [-0.15, -0.1) is 0 Å². The SMILES string of the molecule is O=C1CCc2c(-c3ccccc3)cccc2C12CC1C=CC2C1. The van der Waals surface area contributed by atoms with Crippen molar-refractivity contribution in [3.63, 3.8) is 0 Å². The number of carbonyl (C=O) groups is 1. The molecule has 0 radical (unpaired) electrons. The molecular weight excluding hydrogens is 280 g/mol. The number of Topliss-reactive ketones (excluding diaryl/α,β-unsaturated/α-hetero) is 1. The summed E-state index contributed by atoms with van der Waals surface area (Å²) in [6.45, 7) is 0. The zero-order valence-electron chi connectivity index (χ0n) is 13.2. The van der Waals surface area contributed by atoms with Gasteiger partial charge in [0.05, 0.1) is 5.41 Å². The third-order valence-electron chi connectivity index (χ3n) is 6.23. The van der Waals surface area contributed by atoms with E-state index in [0.717, 1.165) is 12.8 Å². The van der Waals surface area contributed by atoms with Gasteiger partial charge < -0.3 is 0 Å². The van der Waals surface area contributed by atoms with Gasteiger partial charge in [-0.05, 0) is 53.4 Å². The van der Waals surface area contributed by atoms with Gasteiger partial charge >= 0.3 is 0 Å². The summed E-state index contributed by atoms with van der Waals surface area (Å²) in [5.41, 5.74) is 5.11. The van der Waals surface area contributed by atoms with Gasteiger partial charge in [0.25, 0.3) is 0 Å². The minimum absolute atomic E-state index is 0.224. The summed E-state index contributed by atoms with van der Waals surface area (Å²) in [4.78, 5) is 13.0. The van der Waals surface area contributed by atoms with Gasteiger partial charge in [0.1, 0.15) is 5.78 Å². The van der Waals surface area contributed by atoms with Gasteiger partial charge in [0, 0.05) is 6.42 Å². The summed E-state index contributed by atoms with van der Waals surface area (Å²) in [5, 5.41) is 0. The largest absolute Gasteiger partial charge is 0.299 e. The molecule has 5 rings (SSSR count). The lowest BCUT2D eigenvalue weighted by Gasteiger charge is -2.40. The Morgan fingerprint density at radius 2 is 1.78 bits per heavy atom. The van der Waals surface area contributed by atoms with Crippen molar-refractivity contribution >= 4 is 5.78 Å². The lowest BCUT2D eigenvalue weighted by Crippen LogP contribution is -2.43. The molecule has 1 spiro atoms. The first-order valence-electron chi connectivity index (χ1n) is 8.68. The number of carbonyl (C=O) groups excluding carboxylic acids is 1. The lowest BCUT2D eigenvalue weighted by atomic mass is 9.61. The molecule has 1 nitrogen and oxygen atoms in total. The second kappa shape index (κ2) is 4.67. The third kappa shape index (κ3) is 1.71. The maximum Gasteiger partial charge on any atom is 0.144 e. The summed E-state index contributed by atoms with van der Waals surface area (Å²) < 4.78 is 0. The Hall–Kier alpha value is -2.15. The van der Waals surface area contributed by atoms with E-state index in [4.69, 9.17) is 0 Å². The molecule has 0 amide bonds. The van der Waals surface area contributed by atoms with E-state index in [0.29, 0.717) is 24.0 Å². The Labute approximate surface area is 137 Å². The van der Waals surface area contributed by atoms with E-state index in [1.165, 1.54) is 28.7 Å². The van der Waals surface area contributed by atoms with E-state index in [-0.39, 0.29) is 5.41 Å². The number of benzene rings is 2. The highest BCUT2D eigenvalue weighted by molar-refractivity contribution is 5.95. The van der Waals surface area contributed by atoms with Crippen LogP contribution in [-0.2, 0) is 16.6 Å². The summed E-state index contributed by atoms with van der Waals surface area (Å²) in [6, 6.07) is 17.2. The second-order valence-electron chi connectivity index (χ2n) is 7.28. The van der Waals surface area contributed by atoms with Crippen LogP contribution in [0, 0.1) is 11.8 Å². The Morgan fingerprint density at radius 3 is 2.52 bits per heavy atom. The van der Waals surface area contributed by atoms with E-state index < -0.39 is 0 Å². The number of hydrogen-bond donors (Lipinski definition) is 0. The average molecular weight is 300 g/mol. The van der Waals surface area contributed by atoms with Crippen molar-refractivity contribution in [1.29, 1.82) is 0 Å². The first-order valence-corrected chi connectivity index (χ1v) is 8.68. The van der Waals surface area contributed by atoms with Crippen molar-refractivity contribution in [3.8, 4) is 11.1 Å². The summed E-state index contributed by atoms with van der Waals surface area (Å²) in [6.07, 6.45) is 8.43. The van der Waals surface area contributed by atoms with Gasteiger partial charge in [-0.1, -0.05) is 60.7 Å². The fourth-order valence-electron chi connectivity index (χ4n) is 5.26. The topological polar surface area (TPSA) is 17.1 Å². The molecule has 3 unspecified atom stereocenters. The minimum Gasteiger partial charge on any atom is -0.299 e. The molecule has 0 aromatic heterocycles. The van der Waals surface area contributed by atoms with Crippen LogP contribution < -0.4 is 0 Å². The fraction of sp³-hybridized carbons (Fsp3) is 0.318. The quantitative estimate of drug-likeness (QED) is 0.698. The highest BCUT2D eigenvalue weighted by atomic mass is 16.1. The Morgan fingerprint density at radius 1 is 0.913 bits per heavy atom. The molecule has 3 aliphatic rings. The number of fused-ring (bicyclic) bond motifs is 5. The van der Waals surface area contributed by atoms with Gasteiger partial charge in [0.2, 0.25) is 0 Å². The maximum atomic E-state index is 13.0. The highest BCUT2D eigenvalue weighted by Gasteiger charge is 2.55. The molecule has 23 heavy (non-hydrogen) atoms. The van der Waals surface area contributed by atoms with Gasteiger partial charge in [-0.25, -0.2) is 0 Å². The molecular formula is C22H20O. The van der Waals surface area contributed by atoms with Crippen molar-refractivity contribution in [1.82, 2.24) is 0 Å². The average Bonchev–Trinajstić information content (AvgIpc) is 3.21. The number of allylic oxidation sites excluding steroid dienone is 2. The predicted octanol–water partition coefficient (Wildman–Crippen LogP) is 4.70. The predicted molar refractivity (Wildman–Crippen MR) is 92.2 cm³/mol. The zero-order chi connectivity index (χ0) is 15.4. The number of ketones is 1. The molecule has 114 valence electrons. The number of rotatable bonds is 1. The standard InChI is InChI=1S/C22H20O/c23-21-12-11-19-18(16-5-2-1-3-6-16)7-4-8-20(19)22(21)14-15-9-10-17(22)13-15/h1-10,15,17H,11-14H2. The van der Waals surface area contributed by atoms with Crippen molar-refractivity contribution in [2.45, 2.75) is 31.1 Å². The molecule has 0 saturated heterocycles. The number of hydrogen-bond acceptors (Lipinski definition) is 1. The van der Waals surface area contributed by atoms with Crippen molar-refractivity contribution in [2.24, 2.45) is 11.8 Å². The maximum absolute atomic E-state index is 13.0. The second-order valence-corrected chi connectivity index (χ2v) is 7.28. The van der Waals surface area contributed by atoms with Crippen LogP contribution in [-0.4, -0.2) is 5.78 Å². The van der Waals surface area contributed by atoms with Crippen LogP contribution in [0.5, 0.6) is 0 Å². The normalized spacial score (nSPS) is 30.9. The van der Waals surface area contributed by atoms with E-state index in [2.05, 4.69) is 60.7 Å². The van der Waals surface area contributed by atoms with Crippen LogP contribution in [0.2, 0.25) is 0 Å². The van der Waals surface area contributed by atoms with Crippen LogP contribution in [0.4, 0.5) is 0 Å². The van der Waals surface area contributed by atoms with Gasteiger partial charge in [0.15, 0.2) is 0 Å². The third-order valence-corrected chi connectivity index (χ3v) is 6.23. The summed E-state index contributed by atoms with van der Waals surface area (Å²) in [7, 11) is 0. The van der Waals surface area contributed by atoms with Crippen molar-refractivity contribution in [2.75, 3.05) is 0 Å². The fourth-order valence-corrected chi connectivity index (χ4v) is 5.26. The van der Waals surface area contributed by atoms with Crippen molar-refractivity contribution in [3.05, 3.63) is 71.8 Å². The Bertz CT molecular complexity index is 817. The highest BCUT2D eigenvalue weighted by Crippen LogP contribution is 2.57. The lowest BCUT2D eigenvalue weighted by molar-refractivity contribution is -0.126. The smallest absolute Gasteiger partial charge is 0.144 e. The van der Waals surface area contributed by atoms with E-state index >= 15 is 0 Å². The molecule has 0 N–H and O–H groups in total. The Kier molecular flexibility index (Phi) is 2.70. The zero-order valence-corrected chi connectivity index (χ0v) is 13.2. The molecule has 2 bridgehead atoms. The monoisotopic (exact) mass is 300 g/mol. The molecule has 2 aromatic rings. The van der Waals surface area contributed by atoms with Crippen LogP contribution in [0.1, 0.15) is 30.4 Å². The van der Waals surface area contributed by atoms with Gasteiger partial charge in [-0.3, -0.25) is 4.79 Å². The molecule has 0 aliphatic heterocycles. The minimum atomic E-state index is -0.224. The van der Waals surface area contributed by atoms with E-state index in [1.54, 1.807) is 0 Å². The first kappa shape index (κ1) is 13.3.